The Bertz CT molecular complexity index is 1940. The molecule has 1 atom stereocenters. The molecule has 230 valence electrons. The molecule has 0 amide bonds. The van der Waals surface area contributed by atoms with Crippen molar-refractivity contribution in [3.8, 4) is 5.69 Å². The van der Waals surface area contributed by atoms with Crippen molar-refractivity contribution in [3.05, 3.63) is 172 Å². The number of carbonyl (C=O) groups excluding carboxylic acids is 1. The molecular weight excluding hydrogens is 577 g/mol. The van der Waals surface area contributed by atoms with Gasteiger partial charge in [-0.15, -0.1) is 0 Å². The van der Waals surface area contributed by atoms with E-state index in [9.17, 15) is 9.59 Å². The van der Waals surface area contributed by atoms with Crippen LogP contribution < -0.4 is 11.0 Å². The lowest BCUT2D eigenvalue weighted by atomic mass is 9.76. The molecule has 0 bridgehead atoms. The highest BCUT2D eigenvalue weighted by Gasteiger charge is 2.40. The van der Waals surface area contributed by atoms with E-state index in [4.69, 9.17) is 4.74 Å². The molecule has 1 fully saturated rings. The second-order valence-electron chi connectivity index (χ2n) is 11.8. The van der Waals surface area contributed by atoms with Crippen molar-refractivity contribution in [2.24, 2.45) is 0 Å². The zero-order valence-corrected chi connectivity index (χ0v) is 25.5. The van der Waals surface area contributed by atoms with E-state index in [-0.39, 0.29) is 17.2 Å². The van der Waals surface area contributed by atoms with E-state index in [1.807, 2.05) is 78.9 Å². The third-order valence-corrected chi connectivity index (χ3v) is 8.89. The van der Waals surface area contributed by atoms with Crippen LogP contribution in [0.2, 0.25) is 0 Å². The average molecular weight is 612 g/mol. The Labute approximate surface area is 266 Å². The molecule has 1 aromatic heterocycles. The van der Waals surface area contributed by atoms with Gasteiger partial charge in [-0.2, -0.15) is 0 Å². The van der Waals surface area contributed by atoms with Crippen molar-refractivity contribution in [2.75, 3.05) is 7.11 Å². The van der Waals surface area contributed by atoms with E-state index >= 15 is 4.39 Å². The lowest BCUT2D eigenvalue weighted by molar-refractivity contribution is -0.143. The van der Waals surface area contributed by atoms with Crippen LogP contribution >= 0.6 is 0 Å². The minimum atomic E-state index is -0.877. The highest BCUT2D eigenvalue weighted by Crippen LogP contribution is 2.38. The quantitative estimate of drug-likeness (QED) is 0.135. The molecule has 46 heavy (non-hydrogen) atoms. The number of carbonyl (C=O) groups is 1. The number of rotatable bonds is 10. The first kappa shape index (κ1) is 29.4. The first-order chi connectivity index (χ1) is 22.5. The number of nitrogens with one attached hydrogen (secondary N) is 1. The molecule has 0 radical (unpaired) electrons. The molecule has 1 N–H and O–H groups in total. The fraction of sp³-hybridized carbons (Fsp3) is 0.179. The van der Waals surface area contributed by atoms with E-state index in [0.717, 1.165) is 35.1 Å². The van der Waals surface area contributed by atoms with Gasteiger partial charge in [0, 0.05) is 6.04 Å². The number of hydrogen-bond acceptors (Lipinski definition) is 4. The van der Waals surface area contributed by atoms with Crippen LogP contribution in [0.1, 0.15) is 41.1 Å². The number of hydrogen-bond donors (Lipinski definition) is 1. The highest BCUT2D eigenvalue weighted by atomic mass is 19.1. The lowest BCUT2D eigenvalue weighted by Gasteiger charge is -2.39. The molecule has 5 aromatic carbocycles. The molecule has 1 heterocycles. The van der Waals surface area contributed by atoms with E-state index in [1.54, 1.807) is 16.7 Å². The van der Waals surface area contributed by atoms with Gasteiger partial charge in [-0.1, -0.05) is 109 Å². The Morgan fingerprint density at radius 3 is 1.85 bits per heavy atom. The Morgan fingerprint density at radius 2 is 1.35 bits per heavy atom. The number of esters is 1. The van der Waals surface area contributed by atoms with Gasteiger partial charge in [0.1, 0.15) is 17.4 Å². The maximum Gasteiger partial charge on any atom is 0.334 e. The number of para-hydroxylation sites is 1. The number of benzene rings is 5. The second-order valence-corrected chi connectivity index (χ2v) is 11.8. The maximum absolute atomic E-state index is 15.1. The molecule has 0 saturated heterocycles. The van der Waals surface area contributed by atoms with Gasteiger partial charge in [0.25, 0.3) is 0 Å². The topological polar surface area (TPSA) is 65.3 Å². The summed E-state index contributed by atoms with van der Waals surface area (Å²) in [6.07, 6.45) is 2.13. The molecule has 1 unspecified atom stereocenters. The van der Waals surface area contributed by atoms with Crippen molar-refractivity contribution < 1.29 is 13.9 Å². The average Bonchev–Trinajstić information content (AvgIpc) is 3.90. The van der Waals surface area contributed by atoms with Gasteiger partial charge in [0.15, 0.2) is 0 Å². The van der Waals surface area contributed by atoms with Crippen LogP contribution in [-0.2, 0) is 21.5 Å². The van der Waals surface area contributed by atoms with Gasteiger partial charge in [-0.25, -0.2) is 9.18 Å². The van der Waals surface area contributed by atoms with E-state index < -0.39 is 23.4 Å². The SMILES string of the molecule is COC(=O)C(Cc1ccc(-n2c(=O)n(C3CC3)c3cccc(F)c32)cc1)NC(c1ccccc1)(c1ccccc1)c1ccccc1. The maximum atomic E-state index is 15.1. The molecule has 1 aliphatic carbocycles. The van der Waals surface area contributed by atoms with Gasteiger partial charge in [0.2, 0.25) is 0 Å². The fourth-order valence-electron chi connectivity index (χ4n) is 6.58. The summed E-state index contributed by atoms with van der Waals surface area (Å²) in [5.74, 6) is -0.839. The van der Waals surface area contributed by atoms with Crippen LogP contribution in [0, 0.1) is 5.82 Å². The van der Waals surface area contributed by atoms with Crippen molar-refractivity contribution in [2.45, 2.75) is 36.9 Å². The predicted octanol–water partition coefficient (Wildman–Crippen LogP) is 6.93. The molecule has 1 aliphatic rings. The zero-order chi connectivity index (χ0) is 31.7. The summed E-state index contributed by atoms with van der Waals surface area (Å²) in [7, 11) is 1.39. The summed E-state index contributed by atoms with van der Waals surface area (Å²) >= 11 is 0. The second kappa shape index (κ2) is 12.3. The normalized spacial score (nSPS) is 13.9. The van der Waals surface area contributed by atoms with Crippen molar-refractivity contribution >= 4 is 17.0 Å². The van der Waals surface area contributed by atoms with E-state index in [2.05, 4.69) is 41.7 Å². The Hall–Kier alpha value is -5.27. The van der Waals surface area contributed by atoms with Crippen LogP contribution in [0.25, 0.3) is 16.7 Å². The molecule has 0 aliphatic heterocycles. The zero-order valence-electron chi connectivity index (χ0n) is 25.5. The predicted molar refractivity (Wildman–Crippen MR) is 178 cm³/mol. The number of halogens is 1. The van der Waals surface area contributed by atoms with E-state index in [1.165, 1.54) is 17.7 Å². The highest BCUT2D eigenvalue weighted by molar-refractivity contribution is 5.79. The van der Waals surface area contributed by atoms with Gasteiger partial charge in [-0.05, 0) is 65.8 Å². The largest absolute Gasteiger partial charge is 0.468 e. The lowest BCUT2D eigenvalue weighted by Crippen LogP contribution is -2.53. The summed E-state index contributed by atoms with van der Waals surface area (Å²) in [5, 5.41) is 3.74. The summed E-state index contributed by atoms with van der Waals surface area (Å²) in [6, 6.07) is 41.8. The van der Waals surface area contributed by atoms with Crippen LogP contribution in [0.4, 0.5) is 4.39 Å². The van der Waals surface area contributed by atoms with Crippen LogP contribution in [0.3, 0.4) is 0 Å². The summed E-state index contributed by atoms with van der Waals surface area (Å²) in [4.78, 5) is 27.1. The Morgan fingerprint density at radius 1 is 0.804 bits per heavy atom. The number of nitrogens with zero attached hydrogens (tertiary/aromatic N) is 2. The van der Waals surface area contributed by atoms with E-state index in [0.29, 0.717) is 17.6 Å². The summed E-state index contributed by atoms with van der Waals surface area (Å²) < 4.78 is 23.6. The van der Waals surface area contributed by atoms with Crippen LogP contribution in [0.5, 0.6) is 0 Å². The Kier molecular flexibility index (Phi) is 7.84. The minimum Gasteiger partial charge on any atom is -0.468 e. The van der Waals surface area contributed by atoms with Gasteiger partial charge in [0.05, 0.1) is 23.9 Å². The molecule has 1 saturated carbocycles. The summed E-state index contributed by atoms with van der Waals surface area (Å²) in [6.45, 7) is 0. The summed E-state index contributed by atoms with van der Waals surface area (Å²) in [5.41, 5.74) is 4.11. The molecule has 0 spiro atoms. The number of fused-ring (bicyclic) bond motifs is 1. The van der Waals surface area contributed by atoms with Crippen LogP contribution in [-0.4, -0.2) is 28.3 Å². The first-order valence-electron chi connectivity index (χ1n) is 15.5. The minimum absolute atomic E-state index is 0.100. The van der Waals surface area contributed by atoms with Gasteiger partial charge in [-0.3, -0.25) is 19.2 Å². The van der Waals surface area contributed by atoms with Crippen molar-refractivity contribution in [1.82, 2.24) is 14.5 Å². The molecular formula is C39H34FN3O3. The number of ether oxygens (including phenoxy) is 1. The molecule has 6 nitrogen and oxygen atoms in total. The molecule has 7 rings (SSSR count). The molecule has 6 aromatic rings. The molecule has 7 heteroatoms. The van der Waals surface area contributed by atoms with Gasteiger partial charge >= 0.3 is 11.7 Å². The van der Waals surface area contributed by atoms with Crippen molar-refractivity contribution in [3.63, 3.8) is 0 Å². The van der Waals surface area contributed by atoms with Crippen molar-refractivity contribution in [1.29, 1.82) is 0 Å². The number of aromatic nitrogens is 2. The smallest absolute Gasteiger partial charge is 0.334 e. The first-order valence-corrected chi connectivity index (χ1v) is 15.5. The standard InChI is InChI=1S/C39H34FN3O3/c1-46-37(44)34(41-39(28-12-5-2-6-13-28,29-14-7-3-8-15-29)30-16-9-4-10-17-30)26-27-20-22-32(23-21-27)43-36-33(40)18-11-19-35(36)42(38(43)45)31-24-25-31/h2-23,31,34,41H,24-26H2,1H3. The third kappa shape index (κ3) is 5.22. The Balaban J connectivity index is 1.29. The monoisotopic (exact) mass is 611 g/mol. The third-order valence-electron chi connectivity index (χ3n) is 8.89. The fourth-order valence-corrected chi connectivity index (χ4v) is 6.58. The van der Waals surface area contributed by atoms with Gasteiger partial charge < -0.3 is 4.74 Å². The number of imidazole rings is 1. The van der Waals surface area contributed by atoms with Crippen LogP contribution in [0.15, 0.2) is 138 Å². The number of methoxy groups -OCH3 is 1.